The zero-order chi connectivity index (χ0) is 20.6. The number of amides is 2. The number of carbonyl (C=O) groups is 2. The van der Waals surface area contributed by atoms with E-state index in [0.717, 1.165) is 29.8 Å². The number of hydrogen-bond donors (Lipinski definition) is 3. The first-order chi connectivity index (χ1) is 14.1. The van der Waals surface area contributed by atoms with Gasteiger partial charge in [-0.3, -0.25) is 9.59 Å². The van der Waals surface area contributed by atoms with Gasteiger partial charge in [-0.1, -0.05) is 42.5 Å². The summed E-state index contributed by atoms with van der Waals surface area (Å²) in [6, 6.07) is 11.6. The molecule has 1 aliphatic carbocycles. The Hall–Kier alpha value is -3.19. The van der Waals surface area contributed by atoms with E-state index in [1.807, 2.05) is 43.3 Å². The molecule has 3 rings (SSSR count). The number of aromatic nitrogens is 2. The van der Waals surface area contributed by atoms with Gasteiger partial charge in [0, 0.05) is 13.1 Å². The Morgan fingerprint density at radius 3 is 2.79 bits per heavy atom. The molecule has 1 heterocycles. The smallest absolute Gasteiger partial charge is 0.270 e. The maximum Gasteiger partial charge on any atom is 0.270 e. The van der Waals surface area contributed by atoms with Crippen molar-refractivity contribution < 1.29 is 9.59 Å². The van der Waals surface area contributed by atoms with Crippen molar-refractivity contribution in [1.82, 2.24) is 20.4 Å². The molecule has 7 heteroatoms. The summed E-state index contributed by atoms with van der Waals surface area (Å²) in [5.74, 6) is -0.214. The molecule has 0 saturated carbocycles. The van der Waals surface area contributed by atoms with Gasteiger partial charge in [0.1, 0.15) is 5.69 Å². The number of carbonyl (C=O) groups excluding carboxylic acids is 2. The lowest BCUT2D eigenvalue weighted by molar-refractivity contribution is -0.119. The van der Waals surface area contributed by atoms with Crippen LogP contribution in [0, 0.1) is 12.8 Å². The van der Waals surface area contributed by atoms with Crippen molar-refractivity contribution in [2.45, 2.75) is 26.3 Å². The van der Waals surface area contributed by atoms with E-state index in [2.05, 4.69) is 27.9 Å². The number of hydrogen-bond acceptors (Lipinski definition) is 4. The molecule has 0 saturated heterocycles. The van der Waals surface area contributed by atoms with Crippen LogP contribution in [0.5, 0.6) is 0 Å². The van der Waals surface area contributed by atoms with Crippen molar-refractivity contribution in [1.29, 1.82) is 0 Å². The fourth-order valence-corrected chi connectivity index (χ4v) is 3.24. The molecule has 1 aromatic carbocycles. The lowest BCUT2D eigenvalue weighted by atomic mass is 10.0. The van der Waals surface area contributed by atoms with Crippen LogP contribution in [-0.4, -0.2) is 34.7 Å². The molecule has 29 heavy (non-hydrogen) atoms. The number of nitrogens with zero attached hydrogens (tertiary/aromatic N) is 2. The standard InChI is InChI=1S/C22H27N5O2/c1-16-11-20(22(29)25-14-17-7-3-2-4-8-17)27(26-16)19-10-6-5-9-18(12-19)15-24-21(28)13-23/h2-4,6-8,10-12,18H,5,9,13-15,23H2,1H3,(H,24,28)(H,25,29). The molecule has 2 amide bonds. The molecule has 1 aliphatic rings. The molecule has 1 unspecified atom stereocenters. The summed E-state index contributed by atoms with van der Waals surface area (Å²) in [4.78, 5) is 24.3. The highest BCUT2D eigenvalue weighted by Gasteiger charge is 2.18. The van der Waals surface area contributed by atoms with Crippen molar-refractivity contribution >= 4 is 17.5 Å². The SMILES string of the molecule is Cc1cc(C(=O)NCc2ccccc2)n(C2=CC(CNC(=O)CN)CCC=C2)n1. The number of benzene rings is 1. The summed E-state index contributed by atoms with van der Waals surface area (Å²) in [7, 11) is 0. The zero-order valence-corrected chi connectivity index (χ0v) is 16.6. The summed E-state index contributed by atoms with van der Waals surface area (Å²) in [6.07, 6.45) is 7.89. The third-order valence-corrected chi connectivity index (χ3v) is 4.75. The van der Waals surface area contributed by atoms with Gasteiger partial charge in [0.15, 0.2) is 0 Å². The van der Waals surface area contributed by atoms with E-state index >= 15 is 0 Å². The average molecular weight is 393 g/mol. The van der Waals surface area contributed by atoms with Crippen LogP contribution in [0.2, 0.25) is 0 Å². The second-order valence-electron chi connectivity index (χ2n) is 7.09. The number of nitrogens with one attached hydrogen (secondary N) is 2. The summed E-state index contributed by atoms with van der Waals surface area (Å²) in [5, 5.41) is 10.3. The molecule has 4 N–H and O–H groups in total. The molecule has 0 spiro atoms. The van der Waals surface area contributed by atoms with Gasteiger partial charge in [-0.25, -0.2) is 4.68 Å². The minimum Gasteiger partial charge on any atom is -0.354 e. The van der Waals surface area contributed by atoms with E-state index in [1.165, 1.54) is 0 Å². The van der Waals surface area contributed by atoms with Crippen molar-refractivity contribution in [2.24, 2.45) is 11.7 Å². The predicted molar refractivity (Wildman–Crippen MR) is 113 cm³/mol. The van der Waals surface area contributed by atoms with E-state index in [-0.39, 0.29) is 24.3 Å². The topological polar surface area (TPSA) is 102 Å². The third-order valence-electron chi connectivity index (χ3n) is 4.75. The first-order valence-corrected chi connectivity index (χ1v) is 9.81. The number of rotatable bonds is 7. The van der Waals surface area contributed by atoms with Crippen LogP contribution < -0.4 is 16.4 Å². The van der Waals surface area contributed by atoms with Crippen LogP contribution in [-0.2, 0) is 11.3 Å². The first-order valence-electron chi connectivity index (χ1n) is 9.81. The van der Waals surface area contributed by atoms with E-state index in [4.69, 9.17) is 5.73 Å². The van der Waals surface area contributed by atoms with Crippen LogP contribution >= 0.6 is 0 Å². The van der Waals surface area contributed by atoms with Gasteiger partial charge in [0.25, 0.3) is 5.91 Å². The summed E-state index contributed by atoms with van der Waals surface area (Å²) in [5.41, 5.74) is 8.48. The minimum atomic E-state index is -0.180. The largest absolute Gasteiger partial charge is 0.354 e. The van der Waals surface area contributed by atoms with Crippen LogP contribution in [0.1, 0.15) is 34.6 Å². The average Bonchev–Trinajstić information content (AvgIpc) is 2.98. The van der Waals surface area contributed by atoms with E-state index < -0.39 is 0 Å². The third kappa shape index (κ3) is 5.65. The monoisotopic (exact) mass is 393 g/mol. The quantitative estimate of drug-likeness (QED) is 0.670. The van der Waals surface area contributed by atoms with Crippen LogP contribution in [0.15, 0.2) is 54.6 Å². The maximum absolute atomic E-state index is 12.8. The summed E-state index contributed by atoms with van der Waals surface area (Å²) in [6.45, 7) is 2.81. The molecule has 0 bridgehead atoms. The van der Waals surface area contributed by atoms with Crippen molar-refractivity contribution in [3.63, 3.8) is 0 Å². The highest BCUT2D eigenvalue weighted by atomic mass is 16.2. The fraction of sp³-hybridized carbons (Fsp3) is 0.318. The lowest BCUT2D eigenvalue weighted by Crippen LogP contribution is -2.33. The van der Waals surface area contributed by atoms with Crippen LogP contribution in [0.4, 0.5) is 0 Å². The minimum absolute atomic E-state index is 0.0222. The first kappa shape index (κ1) is 20.5. The highest BCUT2D eigenvalue weighted by Crippen LogP contribution is 2.21. The van der Waals surface area contributed by atoms with Crippen LogP contribution in [0.25, 0.3) is 5.70 Å². The Bertz CT molecular complexity index is 915. The van der Waals surface area contributed by atoms with E-state index in [9.17, 15) is 9.59 Å². The molecule has 2 aromatic rings. The molecule has 0 radical (unpaired) electrons. The van der Waals surface area contributed by atoms with Gasteiger partial charge in [-0.15, -0.1) is 0 Å². The molecular formula is C22H27N5O2. The van der Waals surface area contributed by atoms with Crippen molar-refractivity contribution in [3.05, 3.63) is 71.6 Å². The summed E-state index contributed by atoms with van der Waals surface area (Å²) >= 11 is 0. The van der Waals surface area contributed by atoms with Gasteiger partial charge in [0.05, 0.1) is 17.9 Å². The Labute approximate surface area is 170 Å². The molecule has 0 fully saturated rings. The van der Waals surface area contributed by atoms with Gasteiger partial charge in [0.2, 0.25) is 5.91 Å². The van der Waals surface area contributed by atoms with Crippen molar-refractivity contribution in [3.8, 4) is 0 Å². The second kappa shape index (κ2) is 9.84. The molecule has 1 atom stereocenters. The van der Waals surface area contributed by atoms with Gasteiger partial charge >= 0.3 is 0 Å². The fourth-order valence-electron chi connectivity index (χ4n) is 3.24. The maximum atomic E-state index is 12.8. The molecule has 152 valence electrons. The second-order valence-corrected chi connectivity index (χ2v) is 7.09. The Morgan fingerprint density at radius 1 is 1.24 bits per heavy atom. The highest BCUT2D eigenvalue weighted by molar-refractivity contribution is 5.94. The Balaban J connectivity index is 1.77. The normalized spacial score (nSPS) is 16.1. The Morgan fingerprint density at radius 2 is 2.03 bits per heavy atom. The summed E-state index contributed by atoms with van der Waals surface area (Å²) < 4.78 is 1.68. The molecular weight excluding hydrogens is 366 g/mol. The van der Waals surface area contributed by atoms with Gasteiger partial charge in [-0.2, -0.15) is 5.10 Å². The molecule has 0 aliphatic heterocycles. The molecule has 7 nitrogen and oxygen atoms in total. The number of aryl methyl sites for hydroxylation is 1. The Kier molecular flexibility index (Phi) is 6.97. The van der Waals surface area contributed by atoms with Gasteiger partial charge in [-0.05, 0) is 43.4 Å². The number of allylic oxidation sites excluding steroid dienone is 3. The molecule has 1 aromatic heterocycles. The van der Waals surface area contributed by atoms with Crippen LogP contribution in [0.3, 0.4) is 0 Å². The van der Waals surface area contributed by atoms with E-state index in [0.29, 0.717) is 18.8 Å². The lowest BCUT2D eigenvalue weighted by Gasteiger charge is -2.14. The number of nitrogens with two attached hydrogens (primary N) is 1. The van der Waals surface area contributed by atoms with E-state index in [1.54, 1.807) is 10.7 Å². The predicted octanol–water partition coefficient (Wildman–Crippen LogP) is 2.00. The van der Waals surface area contributed by atoms with Gasteiger partial charge < -0.3 is 16.4 Å². The zero-order valence-electron chi connectivity index (χ0n) is 16.6. The van der Waals surface area contributed by atoms with Crippen molar-refractivity contribution in [2.75, 3.05) is 13.1 Å².